The van der Waals surface area contributed by atoms with Gasteiger partial charge in [0.1, 0.15) is 0 Å². The van der Waals surface area contributed by atoms with E-state index in [1.165, 1.54) is 0 Å². The summed E-state index contributed by atoms with van der Waals surface area (Å²) in [6, 6.07) is 3.97. The Bertz CT molecular complexity index is 407. The van der Waals surface area contributed by atoms with Crippen molar-refractivity contribution in [1.82, 2.24) is 14.5 Å². The third-order valence-corrected chi connectivity index (χ3v) is 2.25. The van der Waals surface area contributed by atoms with E-state index < -0.39 is 0 Å². The fourth-order valence-electron chi connectivity index (χ4n) is 1.50. The van der Waals surface area contributed by atoms with Gasteiger partial charge in [0.2, 0.25) is 0 Å². The van der Waals surface area contributed by atoms with Crippen molar-refractivity contribution in [2.75, 3.05) is 6.54 Å². The van der Waals surface area contributed by atoms with Gasteiger partial charge in [-0.05, 0) is 31.5 Å². The number of nitrogens with zero attached hydrogens (tertiary/aromatic N) is 3. The predicted molar refractivity (Wildman–Crippen MR) is 55.8 cm³/mol. The zero-order valence-electron chi connectivity index (χ0n) is 8.06. The highest BCUT2D eigenvalue weighted by molar-refractivity contribution is 5.70. The van der Waals surface area contributed by atoms with Crippen LogP contribution in [-0.4, -0.2) is 21.1 Å². The molecule has 0 saturated heterocycles. The van der Waals surface area contributed by atoms with E-state index in [4.69, 9.17) is 5.73 Å². The Morgan fingerprint density at radius 1 is 1.29 bits per heavy atom. The number of nitrogens with two attached hydrogens (primary N) is 1. The molecule has 74 valence electrons. The molecule has 0 aliphatic rings. The van der Waals surface area contributed by atoms with E-state index in [1.807, 2.05) is 18.5 Å². The van der Waals surface area contributed by atoms with Crippen LogP contribution in [0, 0.1) is 0 Å². The fourth-order valence-corrected chi connectivity index (χ4v) is 1.50. The summed E-state index contributed by atoms with van der Waals surface area (Å²) in [5.41, 5.74) is 7.36. The molecule has 0 amide bonds. The molecule has 2 heterocycles. The van der Waals surface area contributed by atoms with Crippen molar-refractivity contribution >= 4 is 11.2 Å². The van der Waals surface area contributed by atoms with Crippen LogP contribution in [0.15, 0.2) is 24.7 Å². The molecule has 0 aliphatic carbocycles. The molecule has 4 nitrogen and oxygen atoms in total. The molecule has 14 heavy (non-hydrogen) atoms. The minimum absolute atomic E-state index is 0.755. The third kappa shape index (κ3) is 1.75. The lowest BCUT2D eigenvalue weighted by atomic mass is 10.3. The van der Waals surface area contributed by atoms with Gasteiger partial charge in [0.05, 0.1) is 11.8 Å². The maximum atomic E-state index is 5.44. The first kappa shape index (κ1) is 9.15. The number of aromatic nitrogens is 3. The lowest BCUT2D eigenvalue weighted by Gasteiger charge is -2.02. The number of imidazole rings is 1. The zero-order chi connectivity index (χ0) is 9.80. The molecule has 4 heteroatoms. The molecule has 0 radical (unpaired) electrons. The smallest absolute Gasteiger partial charge is 0.177 e. The molecule has 2 aromatic heterocycles. The van der Waals surface area contributed by atoms with Crippen LogP contribution in [0.2, 0.25) is 0 Å². The first-order chi connectivity index (χ1) is 6.92. The Labute approximate surface area is 82.8 Å². The van der Waals surface area contributed by atoms with E-state index in [-0.39, 0.29) is 0 Å². The van der Waals surface area contributed by atoms with Gasteiger partial charge in [-0.2, -0.15) is 0 Å². The van der Waals surface area contributed by atoms with Gasteiger partial charge in [-0.3, -0.25) is 0 Å². The average Bonchev–Trinajstić information content (AvgIpc) is 2.63. The molecule has 0 unspecified atom stereocenters. The molecule has 0 aromatic carbocycles. The Kier molecular flexibility index (Phi) is 2.74. The van der Waals surface area contributed by atoms with Gasteiger partial charge in [0.25, 0.3) is 0 Å². The molecule has 0 bridgehead atoms. The summed E-state index contributed by atoms with van der Waals surface area (Å²) in [6.45, 7) is 1.73. The number of hydrogen-bond acceptors (Lipinski definition) is 3. The van der Waals surface area contributed by atoms with Gasteiger partial charge in [0.15, 0.2) is 5.65 Å². The minimum Gasteiger partial charge on any atom is -0.330 e. The molecular formula is C10H14N4. The van der Waals surface area contributed by atoms with Gasteiger partial charge in [-0.15, -0.1) is 0 Å². The Morgan fingerprint density at radius 2 is 2.21 bits per heavy atom. The largest absolute Gasteiger partial charge is 0.330 e. The molecular weight excluding hydrogens is 176 g/mol. The summed E-state index contributed by atoms with van der Waals surface area (Å²) in [5.74, 6) is 0. The highest BCUT2D eigenvalue weighted by Gasteiger charge is 2.00. The van der Waals surface area contributed by atoms with E-state index >= 15 is 0 Å². The van der Waals surface area contributed by atoms with Crippen molar-refractivity contribution in [3.8, 4) is 0 Å². The third-order valence-electron chi connectivity index (χ3n) is 2.25. The van der Waals surface area contributed by atoms with Crippen LogP contribution in [0.1, 0.15) is 12.8 Å². The van der Waals surface area contributed by atoms with E-state index in [2.05, 4.69) is 14.5 Å². The quantitative estimate of drug-likeness (QED) is 0.736. The van der Waals surface area contributed by atoms with Crippen LogP contribution in [0.25, 0.3) is 11.2 Å². The van der Waals surface area contributed by atoms with Crippen LogP contribution in [0.4, 0.5) is 0 Å². The summed E-state index contributed by atoms with van der Waals surface area (Å²) in [5, 5.41) is 0. The van der Waals surface area contributed by atoms with E-state index in [1.54, 1.807) is 6.20 Å². The number of fused-ring (bicyclic) bond motifs is 1. The molecule has 2 N–H and O–H groups in total. The van der Waals surface area contributed by atoms with Crippen LogP contribution in [0.5, 0.6) is 0 Å². The summed E-state index contributed by atoms with van der Waals surface area (Å²) in [7, 11) is 0. The molecule has 0 atom stereocenters. The maximum absolute atomic E-state index is 5.44. The monoisotopic (exact) mass is 190 g/mol. The van der Waals surface area contributed by atoms with Crippen molar-refractivity contribution in [2.45, 2.75) is 19.4 Å². The summed E-state index contributed by atoms with van der Waals surface area (Å²) < 4.78 is 2.12. The number of hydrogen-bond donors (Lipinski definition) is 1. The second-order valence-corrected chi connectivity index (χ2v) is 3.28. The molecule has 0 fully saturated rings. The molecule has 2 rings (SSSR count). The van der Waals surface area contributed by atoms with Crippen molar-refractivity contribution in [3.05, 3.63) is 24.7 Å². The highest BCUT2D eigenvalue weighted by Crippen LogP contribution is 2.09. The summed E-state index contributed by atoms with van der Waals surface area (Å²) >= 11 is 0. The molecule has 0 spiro atoms. The van der Waals surface area contributed by atoms with Gasteiger partial charge in [-0.1, -0.05) is 0 Å². The Hall–Kier alpha value is -1.42. The van der Waals surface area contributed by atoms with Gasteiger partial charge < -0.3 is 10.3 Å². The normalized spacial score (nSPS) is 10.9. The van der Waals surface area contributed by atoms with Crippen LogP contribution < -0.4 is 5.73 Å². The van der Waals surface area contributed by atoms with Gasteiger partial charge in [0, 0.05) is 12.7 Å². The highest BCUT2D eigenvalue weighted by atomic mass is 15.1. The number of pyridine rings is 1. The average molecular weight is 190 g/mol. The summed E-state index contributed by atoms with van der Waals surface area (Å²) in [4.78, 5) is 8.39. The van der Waals surface area contributed by atoms with Gasteiger partial charge in [-0.25, -0.2) is 9.97 Å². The van der Waals surface area contributed by atoms with Crippen LogP contribution in [-0.2, 0) is 6.54 Å². The first-order valence-electron chi connectivity index (χ1n) is 4.88. The number of unbranched alkanes of at least 4 members (excludes halogenated alkanes) is 1. The molecule has 2 aromatic rings. The van der Waals surface area contributed by atoms with Gasteiger partial charge >= 0.3 is 0 Å². The van der Waals surface area contributed by atoms with Crippen molar-refractivity contribution < 1.29 is 0 Å². The molecule has 0 saturated carbocycles. The van der Waals surface area contributed by atoms with Crippen molar-refractivity contribution in [2.24, 2.45) is 5.73 Å². The fraction of sp³-hybridized carbons (Fsp3) is 0.400. The standard InChI is InChI=1S/C10H14N4/c11-5-1-2-7-14-8-13-10-9(14)4-3-6-12-10/h3-4,6,8H,1-2,5,7,11H2. The topological polar surface area (TPSA) is 56.7 Å². The Morgan fingerprint density at radius 3 is 3.07 bits per heavy atom. The maximum Gasteiger partial charge on any atom is 0.177 e. The van der Waals surface area contributed by atoms with E-state index in [0.29, 0.717) is 0 Å². The predicted octanol–water partition coefficient (Wildman–Crippen LogP) is 1.17. The van der Waals surface area contributed by atoms with Crippen molar-refractivity contribution in [3.63, 3.8) is 0 Å². The minimum atomic E-state index is 0.755. The summed E-state index contributed by atoms with van der Waals surface area (Å²) in [6.07, 6.45) is 5.75. The van der Waals surface area contributed by atoms with Crippen LogP contribution >= 0.6 is 0 Å². The second-order valence-electron chi connectivity index (χ2n) is 3.28. The molecule has 0 aliphatic heterocycles. The SMILES string of the molecule is NCCCCn1cnc2ncccc21. The lowest BCUT2D eigenvalue weighted by Crippen LogP contribution is -2.02. The van der Waals surface area contributed by atoms with Crippen molar-refractivity contribution in [1.29, 1.82) is 0 Å². The zero-order valence-corrected chi connectivity index (χ0v) is 8.06. The first-order valence-corrected chi connectivity index (χ1v) is 4.88. The van der Waals surface area contributed by atoms with E-state index in [0.717, 1.165) is 37.1 Å². The Balaban J connectivity index is 2.17. The number of rotatable bonds is 4. The second kappa shape index (κ2) is 4.19. The number of aryl methyl sites for hydroxylation is 1. The lowest BCUT2D eigenvalue weighted by molar-refractivity contribution is 0.627. The van der Waals surface area contributed by atoms with E-state index in [9.17, 15) is 0 Å². The van der Waals surface area contributed by atoms with Crippen LogP contribution in [0.3, 0.4) is 0 Å².